The molecule has 21 heavy (non-hydrogen) atoms. The number of rotatable bonds is 3. The fourth-order valence-corrected chi connectivity index (χ4v) is 2.97. The van der Waals surface area contributed by atoms with Crippen molar-refractivity contribution in [2.24, 2.45) is 0 Å². The molecule has 1 amide bonds. The largest absolute Gasteiger partial charge is 0.399 e. The van der Waals surface area contributed by atoms with Gasteiger partial charge in [-0.25, -0.2) is 4.98 Å². The second kappa shape index (κ2) is 5.17. The van der Waals surface area contributed by atoms with Gasteiger partial charge in [-0.1, -0.05) is 0 Å². The SMILES string of the molecule is Cc1ncsc1CN(C)C(=O)c1n[nH]c2ccc(N)cc12. The number of aromatic amines is 1. The number of nitrogens with two attached hydrogens (primary N) is 1. The highest BCUT2D eigenvalue weighted by atomic mass is 32.1. The van der Waals surface area contributed by atoms with Gasteiger partial charge in [0.15, 0.2) is 5.69 Å². The van der Waals surface area contributed by atoms with Gasteiger partial charge in [-0.15, -0.1) is 11.3 Å². The summed E-state index contributed by atoms with van der Waals surface area (Å²) in [5.74, 6) is -0.139. The van der Waals surface area contributed by atoms with Crippen molar-refractivity contribution in [1.82, 2.24) is 20.1 Å². The molecule has 0 saturated carbocycles. The topological polar surface area (TPSA) is 87.9 Å². The number of amides is 1. The molecule has 1 aromatic carbocycles. The average Bonchev–Trinajstić information content (AvgIpc) is 3.04. The minimum atomic E-state index is -0.139. The van der Waals surface area contributed by atoms with Crippen LogP contribution in [0, 0.1) is 6.92 Å². The molecule has 2 heterocycles. The van der Waals surface area contributed by atoms with E-state index in [1.807, 2.05) is 13.0 Å². The second-order valence-corrected chi connectivity index (χ2v) is 5.84. The van der Waals surface area contributed by atoms with Crippen molar-refractivity contribution < 1.29 is 4.79 Å². The van der Waals surface area contributed by atoms with E-state index in [0.717, 1.165) is 21.5 Å². The van der Waals surface area contributed by atoms with Crippen LogP contribution in [0.2, 0.25) is 0 Å². The van der Waals surface area contributed by atoms with Crippen molar-refractivity contribution in [2.75, 3.05) is 12.8 Å². The van der Waals surface area contributed by atoms with Crippen LogP contribution < -0.4 is 5.73 Å². The zero-order chi connectivity index (χ0) is 15.0. The first-order valence-corrected chi connectivity index (χ1v) is 7.32. The lowest BCUT2D eigenvalue weighted by atomic mass is 10.2. The van der Waals surface area contributed by atoms with Crippen LogP contribution in [-0.2, 0) is 6.54 Å². The number of aromatic nitrogens is 3. The van der Waals surface area contributed by atoms with Gasteiger partial charge in [0.2, 0.25) is 0 Å². The number of nitrogens with zero attached hydrogens (tertiary/aromatic N) is 3. The van der Waals surface area contributed by atoms with Crippen LogP contribution in [0.1, 0.15) is 21.1 Å². The molecule has 108 valence electrons. The smallest absolute Gasteiger partial charge is 0.275 e. The van der Waals surface area contributed by atoms with Crippen LogP contribution in [-0.4, -0.2) is 33.0 Å². The molecule has 0 radical (unpaired) electrons. The number of H-pyrrole nitrogens is 1. The van der Waals surface area contributed by atoms with Crippen LogP contribution >= 0.6 is 11.3 Å². The Morgan fingerprint density at radius 1 is 1.48 bits per heavy atom. The number of nitrogen functional groups attached to an aromatic ring is 1. The first-order chi connectivity index (χ1) is 10.1. The Bertz CT molecular complexity index is 807. The van der Waals surface area contributed by atoms with Crippen LogP contribution in [0.4, 0.5) is 5.69 Å². The molecule has 0 atom stereocenters. The molecule has 3 aromatic rings. The van der Waals surface area contributed by atoms with Gasteiger partial charge in [0.1, 0.15) is 0 Å². The Morgan fingerprint density at radius 2 is 2.29 bits per heavy atom. The normalized spacial score (nSPS) is 11.0. The number of hydrogen-bond acceptors (Lipinski definition) is 5. The number of hydrogen-bond donors (Lipinski definition) is 2. The van der Waals surface area contributed by atoms with Gasteiger partial charge in [0.25, 0.3) is 5.91 Å². The fourth-order valence-electron chi connectivity index (χ4n) is 2.14. The summed E-state index contributed by atoms with van der Waals surface area (Å²) >= 11 is 1.55. The summed E-state index contributed by atoms with van der Waals surface area (Å²) < 4.78 is 0. The molecule has 7 heteroatoms. The highest BCUT2D eigenvalue weighted by Crippen LogP contribution is 2.21. The van der Waals surface area contributed by atoms with E-state index in [-0.39, 0.29) is 5.91 Å². The number of anilines is 1. The lowest BCUT2D eigenvalue weighted by molar-refractivity contribution is 0.0782. The summed E-state index contributed by atoms with van der Waals surface area (Å²) in [7, 11) is 1.76. The second-order valence-electron chi connectivity index (χ2n) is 4.90. The minimum absolute atomic E-state index is 0.139. The summed E-state index contributed by atoms with van der Waals surface area (Å²) in [6, 6.07) is 5.36. The molecule has 3 rings (SSSR count). The minimum Gasteiger partial charge on any atom is -0.399 e. The van der Waals surface area contributed by atoms with Crippen LogP contribution in [0.3, 0.4) is 0 Å². The van der Waals surface area contributed by atoms with Gasteiger partial charge in [-0.3, -0.25) is 9.89 Å². The lowest BCUT2D eigenvalue weighted by Crippen LogP contribution is -2.26. The molecule has 3 N–H and O–H groups in total. The maximum Gasteiger partial charge on any atom is 0.275 e. The molecule has 0 bridgehead atoms. The van der Waals surface area contributed by atoms with Gasteiger partial charge in [-0.05, 0) is 25.1 Å². The van der Waals surface area contributed by atoms with E-state index < -0.39 is 0 Å². The first kappa shape index (κ1) is 13.6. The third kappa shape index (κ3) is 2.47. The van der Waals surface area contributed by atoms with Crippen LogP contribution in [0.5, 0.6) is 0 Å². The fraction of sp³-hybridized carbons (Fsp3) is 0.214. The summed E-state index contributed by atoms with van der Waals surface area (Å²) in [4.78, 5) is 19.5. The molecule has 0 saturated heterocycles. The number of aryl methyl sites for hydroxylation is 1. The van der Waals surface area contributed by atoms with Crippen LogP contribution in [0.25, 0.3) is 10.9 Å². The van der Waals surface area contributed by atoms with E-state index >= 15 is 0 Å². The Balaban J connectivity index is 1.89. The number of carbonyl (C=O) groups excluding carboxylic acids is 1. The monoisotopic (exact) mass is 301 g/mol. The molecular weight excluding hydrogens is 286 g/mol. The van der Waals surface area contributed by atoms with E-state index in [4.69, 9.17) is 5.73 Å². The van der Waals surface area contributed by atoms with Crippen LogP contribution in [0.15, 0.2) is 23.7 Å². The Morgan fingerprint density at radius 3 is 3.00 bits per heavy atom. The molecule has 0 aliphatic heterocycles. The number of thiazole rings is 1. The number of fused-ring (bicyclic) bond motifs is 1. The molecule has 2 aromatic heterocycles. The van der Waals surface area contributed by atoms with Crippen molar-refractivity contribution in [1.29, 1.82) is 0 Å². The third-order valence-electron chi connectivity index (χ3n) is 3.36. The van der Waals surface area contributed by atoms with E-state index in [0.29, 0.717) is 17.9 Å². The van der Waals surface area contributed by atoms with Crippen molar-refractivity contribution in [2.45, 2.75) is 13.5 Å². The first-order valence-electron chi connectivity index (χ1n) is 6.44. The zero-order valence-electron chi connectivity index (χ0n) is 11.8. The van der Waals surface area contributed by atoms with Gasteiger partial charge >= 0.3 is 0 Å². The Kier molecular flexibility index (Phi) is 3.34. The maximum atomic E-state index is 12.6. The maximum absolute atomic E-state index is 12.6. The lowest BCUT2D eigenvalue weighted by Gasteiger charge is -2.15. The van der Waals surface area contributed by atoms with Gasteiger partial charge < -0.3 is 10.6 Å². The summed E-state index contributed by atoms with van der Waals surface area (Å²) in [5, 5.41) is 7.73. The standard InChI is InChI=1S/C14H15N5OS/c1-8-12(21-7-16-8)6-19(2)14(20)13-10-5-9(15)3-4-11(10)17-18-13/h3-5,7H,6,15H2,1-2H3,(H,17,18). The molecule has 0 unspecified atom stereocenters. The predicted molar refractivity (Wildman–Crippen MR) is 83.2 cm³/mol. The van der Waals surface area contributed by atoms with Crippen molar-refractivity contribution in [3.63, 3.8) is 0 Å². The molecule has 0 aliphatic carbocycles. The van der Waals surface area contributed by atoms with Gasteiger partial charge in [0, 0.05) is 23.0 Å². The summed E-state index contributed by atoms with van der Waals surface area (Å²) in [6.07, 6.45) is 0. The van der Waals surface area contributed by atoms with Gasteiger partial charge in [-0.2, -0.15) is 5.10 Å². The molecular formula is C14H15N5OS. The number of carbonyl (C=O) groups is 1. The highest BCUT2D eigenvalue weighted by molar-refractivity contribution is 7.09. The third-order valence-corrected chi connectivity index (χ3v) is 4.28. The molecule has 0 fully saturated rings. The van der Waals surface area contributed by atoms with E-state index in [9.17, 15) is 4.79 Å². The Hall–Kier alpha value is -2.41. The number of benzene rings is 1. The summed E-state index contributed by atoms with van der Waals surface area (Å²) in [5.41, 5.74) is 10.3. The molecule has 0 aliphatic rings. The van der Waals surface area contributed by atoms with E-state index in [1.165, 1.54) is 0 Å². The van der Waals surface area contributed by atoms with Crippen molar-refractivity contribution >= 4 is 33.8 Å². The average molecular weight is 301 g/mol. The zero-order valence-corrected chi connectivity index (χ0v) is 12.6. The molecule has 0 spiro atoms. The van der Waals surface area contributed by atoms with E-state index in [1.54, 1.807) is 40.9 Å². The predicted octanol–water partition coefficient (Wildman–Crippen LogP) is 2.18. The summed E-state index contributed by atoms with van der Waals surface area (Å²) in [6.45, 7) is 2.46. The van der Waals surface area contributed by atoms with Crippen molar-refractivity contribution in [3.8, 4) is 0 Å². The quantitative estimate of drug-likeness (QED) is 0.726. The number of nitrogens with one attached hydrogen (secondary N) is 1. The van der Waals surface area contributed by atoms with E-state index in [2.05, 4.69) is 15.2 Å². The van der Waals surface area contributed by atoms with Crippen molar-refractivity contribution in [3.05, 3.63) is 40.0 Å². The molecule has 6 nitrogen and oxygen atoms in total. The Labute approximate surface area is 125 Å². The van der Waals surface area contributed by atoms with Gasteiger partial charge in [0.05, 0.1) is 23.3 Å². The highest BCUT2D eigenvalue weighted by Gasteiger charge is 2.19.